The normalized spacial score (nSPS) is 12.9. The van der Waals surface area contributed by atoms with Crippen molar-refractivity contribution in [2.24, 2.45) is 7.05 Å². The van der Waals surface area contributed by atoms with Crippen molar-refractivity contribution >= 4 is 5.97 Å². The topological polar surface area (TPSA) is 86.4 Å². The summed E-state index contributed by atoms with van der Waals surface area (Å²) in [6.45, 7) is 2.38. The number of rotatable bonds is 5. The number of aromatic carboxylic acids is 1. The minimum Gasteiger partial charge on any atom is -0.480 e. The van der Waals surface area contributed by atoms with Crippen molar-refractivity contribution in [1.29, 1.82) is 0 Å². The number of hydrogen-bond acceptors (Lipinski definition) is 4. The van der Waals surface area contributed by atoms with E-state index < -0.39 is 46.8 Å². The van der Waals surface area contributed by atoms with Gasteiger partial charge in [-0.2, -0.15) is 17.9 Å². The fourth-order valence-corrected chi connectivity index (χ4v) is 2.17. The summed E-state index contributed by atoms with van der Waals surface area (Å²) >= 11 is 0. The van der Waals surface area contributed by atoms with Gasteiger partial charge in [0, 0.05) is 19.5 Å². The van der Waals surface area contributed by atoms with Crippen LogP contribution in [0.2, 0.25) is 0 Å². The number of carbonyl (C=O) groups is 1. The van der Waals surface area contributed by atoms with Gasteiger partial charge < -0.3 is 9.84 Å². The molecule has 1 atom stereocenters. The van der Waals surface area contributed by atoms with Crippen molar-refractivity contribution in [3.05, 3.63) is 39.8 Å². The molecule has 1 aromatic carbocycles. The Balaban J connectivity index is 2.64. The van der Waals surface area contributed by atoms with Crippen LogP contribution in [0.3, 0.4) is 0 Å². The van der Waals surface area contributed by atoms with Crippen molar-refractivity contribution in [1.82, 2.24) is 14.3 Å². The van der Waals surface area contributed by atoms with E-state index in [4.69, 9.17) is 5.11 Å². The molecule has 7 nitrogen and oxygen atoms in total. The average Bonchev–Trinajstić information content (AvgIpc) is 2.82. The second kappa shape index (κ2) is 6.81. The Morgan fingerprint density at radius 2 is 2.00 bits per heavy atom. The highest BCUT2D eigenvalue weighted by Gasteiger charge is 2.39. The van der Waals surface area contributed by atoms with Gasteiger partial charge in [-0.1, -0.05) is 6.92 Å². The zero-order chi connectivity index (χ0) is 19.8. The lowest BCUT2D eigenvalue weighted by molar-refractivity contribution is -0.189. The fourth-order valence-electron chi connectivity index (χ4n) is 2.17. The molecule has 11 heteroatoms. The van der Waals surface area contributed by atoms with Gasteiger partial charge >= 0.3 is 17.8 Å². The van der Waals surface area contributed by atoms with Crippen LogP contribution < -0.4 is 10.4 Å². The summed E-state index contributed by atoms with van der Waals surface area (Å²) in [4.78, 5) is 23.4. The third-order valence-electron chi connectivity index (χ3n) is 3.66. The van der Waals surface area contributed by atoms with E-state index in [1.807, 2.05) is 0 Å². The molecule has 0 bridgehead atoms. The summed E-state index contributed by atoms with van der Waals surface area (Å²) in [6, 6.07) is 1.21. The van der Waals surface area contributed by atoms with Crippen LogP contribution in [0, 0.1) is 5.82 Å². The summed E-state index contributed by atoms with van der Waals surface area (Å²) in [7, 11) is 1.40. The lowest BCUT2D eigenvalue weighted by atomic mass is 10.1. The molecule has 26 heavy (non-hydrogen) atoms. The van der Waals surface area contributed by atoms with Crippen molar-refractivity contribution in [2.45, 2.75) is 32.5 Å². The number of carboxylic acid groups (broad SMARTS) is 1. The Labute approximate surface area is 144 Å². The molecule has 0 radical (unpaired) electrons. The number of halogens is 4. The van der Waals surface area contributed by atoms with Gasteiger partial charge in [0.05, 0.1) is 0 Å². The predicted octanol–water partition coefficient (Wildman–Crippen LogP) is 2.30. The number of aromatic nitrogens is 3. The van der Waals surface area contributed by atoms with Crippen LogP contribution in [-0.4, -0.2) is 37.7 Å². The molecule has 1 N–H and O–H groups in total. The Morgan fingerprint density at radius 1 is 1.38 bits per heavy atom. The molecule has 1 heterocycles. The first-order chi connectivity index (χ1) is 12.0. The number of nitrogens with zero attached hydrogens (tertiary/aromatic N) is 3. The number of aryl methyl sites for hydroxylation is 1. The molecule has 0 spiro atoms. The molecule has 0 saturated carbocycles. The fraction of sp³-hybridized carbons (Fsp3) is 0.400. The van der Waals surface area contributed by atoms with Gasteiger partial charge in [-0.25, -0.2) is 14.0 Å². The Hall–Kier alpha value is -2.85. The number of alkyl halides is 3. The second-order valence-electron chi connectivity index (χ2n) is 5.43. The number of hydrogen-bond donors (Lipinski definition) is 1. The monoisotopic (exact) mass is 377 g/mol. The van der Waals surface area contributed by atoms with Crippen LogP contribution in [0.5, 0.6) is 5.75 Å². The number of benzene rings is 1. The molecule has 0 aliphatic carbocycles. The summed E-state index contributed by atoms with van der Waals surface area (Å²) in [5.74, 6) is -3.24. The quantitative estimate of drug-likeness (QED) is 0.808. The van der Waals surface area contributed by atoms with E-state index >= 15 is 0 Å². The molecular weight excluding hydrogens is 362 g/mol. The minimum absolute atomic E-state index is 0.308. The van der Waals surface area contributed by atoms with Crippen LogP contribution in [0.15, 0.2) is 16.9 Å². The standard InChI is InChI=1S/C15H15F4N3O4/c1-4-12-20-22(14(25)21(12)3)10-6-11(26-7(2)15(17,18)19)8(13(23)24)5-9(10)16/h5-7H,4H2,1-3H3,(H,23,24)/t7-/m0/s1. The summed E-state index contributed by atoms with van der Waals surface area (Å²) in [5.41, 5.74) is -2.06. The summed E-state index contributed by atoms with van der Waals surface area (Å²) < 4.78 is 58.9. The molecule has 0 saturated heterocycles. The summed E-state index contributed by atoms with van der Waals surface area (Å²) in [5, 5.41) is 13.0. The molecule has 2 rings (SSSR count). The first-order valence-electron chi connectivity index (χ1n) is 7.42. The van der Waals surface area contributed by atoms with E-state index in [1.165, 1.54) is 7.05 Å². The third kappa shape index (κ3) is 3.55. The molecule has 2 aromatic rings. The van der Waals surface area contributed by atoms with E-state index in [2.05, 4.69) is 9.84 Å². The maximum Gasteiger partial charge on any atom is 0.425 e. The molecule has 142 valence electrons. The van der Waals surface area contributed by atoms with Gasteiger partial charge in [0.15, 0.2) is 6.10 Å². The highest BCUT2D eigenvalue weighted by molar-refractivity contribution is 5.91. The highest BCUT2D eigenvalue weighted by atomic mass is 19.4. The lowest BCUT2D eigenvalue weighted by Crippen LogP contribution is -2.32. The molecule has 0 aliphatic rings. The van der Waals surface area contributed by atoms with Crippen LogP contribution in [0.1, 0.15) is 30.0 Å². The molecule has 0 unspecified atom stereocenters. The number of carboxylic acids is 1. The predicted molar refractivity (Wildman–Crippen MR) is 81.2 cm³/mol. The maximum atomic E-state index is 14.3. The van der Waals surface area contributed by atoms with Crippen LogP contribution in [-0.2, 0) is 13.5 Å². The van der Waals surface area contributed by atoms with Crippen LogP contribution in [0.4, 0.5) is 17.6 Å². The van der Waals surface area contributed by atoms with Crippen molar-refractivity contribution in [2.75, 3.05) is 0 Å². The molecule has 0 fully saturated rings. The van der Waals surface area contributed by atoms with E-state index in [-0.39, 0.29) is 0 Å². The van der Waals surface area contributed by atoms with Gasteiger partial charge in [-0.15, -0.1) is 5.10 Å². The van der Waals surface area contributed by atoms with Crippen LogP contribution in [0.25, 0.3) is 5.69 Å². The highest BCUT2D eigenvalue weighted by Crippen LogP contribution is 2.30. The molecule has 0 aliphatic heterocycles. The number of ether oxygens (including phenoxy) is 1. The second-order valence-corrected chi connectivity index (χ2v) is 5.43. The summed E-state index contributed by atoms with van der Waals surface area (Å²) in [6.07, 6.45) is -6.76. The first kappa shape index (κ1) is 19.5. The zero-order valence-corrected chi connectivity index (χ0v) is 14.0. The Bertz CT molecular complexity index is 902. The molecule has 1 aromatic heterocycles. The van der Waals surface area contributed by atoms with Gasteiger partial charge in [0.25, 0.3) is 0 Å². The van der Waals surface area contributed by atoms with E-state index in [0.29, 0.717) is 29.9 Å². The van der Waals surface area contributed by atoms with Gasteiger partial charge in [0.1, 0.15) is 28.6 Å². The maximum absolute atomic E-state index is 14.3. The van der Waals surface area contributed by atoms with Crippen molar-refractivity contribution in [3.8, 4) is 11.4 Å². The van der Waals surface area contributed by atoms with Crippen molar-refractivity contribution < 1.29 is 32.2 Å². The van der Waals surface area contributed by atoms with E-state index in [9.17, 15) is 27.2 Å². The third-order valence-corrected chi connectivity index (χ3v) is 3.66. The Kier molecular flexibility index (Phi) is 5.10. The smallest absolute Gasteiger partial charge is 0.425 e. The largest absolute Gasteiger partial charge is 0.480 e. The van der Waals surface area contributed by atoms with Gasteiger partial charge in [-0.3, -0.25) is 4.57 Å². The molecular formula is C15H15F4N3O4. The van der Waals surface area contributed by atoms with Gasteiger partial charge in [0.2, 0.25) is 0 Å². The molecule has 0 amide bonds. The minimum atomic E-state index is -4.76. The zero-order valence-electron chi connectivity index (χ0n) is 14.0. The first-order valence-corrected chi connectivity index (χ1v) is 7.42. The Morgan fingerprint density at radius 3 is 2.46 bits per heavy atom. The van der Waals surface area contributed by atoms with Gasteiger partial charge in [-0.05, 0) is 13.0 Å². The van der Waals surface area contributed by atoms with E-state index in [1.54, 1.807) is 6.92 Å². The van der Waals surface area contributed by atoms with Crippen molar-refractivity contribution in [3.63, 3.8) is 0 Å². The lowest BCUT2D eigenvalue weighted by Gasteiger charge is -2.19. The average molecular weight is 377 g/mol. The SMILES string of the molecule is CCc1nn(-c2cc(O[C@@H](C)C(F)(F)F)c(C(=O)O)cc2F)c(=O)n1C. The van der Waals surface area contributed by atoms with E-state index in [0.717, 1.165) is 10.6 Å². The van der Waals surface area contributed by atoms with Crippen LogP contribution >= 0.6 is 0 Å².